The second kappa shape index (κ2) is 8.27. The van der Waals surface area contributed by atoms with Crippen molar-refractivity contribution in [2.75, 3.05) is 11.9 Å². The Bertz CT molecular complexity index is 1030. The number of nitrogens with zero attached hydrogens (tertiary/aromatic N) is 2. The molecule has 0 unspecified atom stereocenters. The van der Waals surface area contributed by atoms with Crippen LogP contribution in [-0.2, 0) is 4.74 Å². The highest BCUT2D eigenvalue weighted by atomic mass is 35.5. The van der Waals surface area contributed by atoms with Gasteiger partial charge in [-0.1, -0.05) is 17.7 Å². The molecular weight excluding hydrogens is 378 g/mol. The van der Waals surface area contributed by atoms with Gasteiger partial charge in [-0.3, -0.25) is 4.79 Å². The lowest BCUT2D eigenvalue weighted by Gasteiger charge is -2.08. The third-order valence-corrected chi connectivity index (χ3v) is 4.46. The third-order valence-electron chi connectivity index (χ3n) is 4.23. The highest BCUT2D eigenvalue weighted by Crippen LogP contribution is 2.20. The third kappa shape index (κ3) is 4.07. The van der Waals surface area contributed by atoms with E-state index in [4.69, 9.17) is 16.3 Å². The molecule has 0 radical (unpaired) electrons. The van der Waals surface area contributed by atoms with Crippen LogP contribution in [0.3, 0.4) is 0 Å². The average Bonchev–Trinajstić information content (AvgIpc) is 2.96. The smallest absolute Gasteiger partial charge is 0.341 e. The van der Waals surface area contributed by atoms with E-state index < -0.39 is 0 Å². The van der Waals surface area contributed by atoms with E-state index >= 15 is 0 Å². The van der Waals surface area contributed by atoms with Crippen LogP contribution in [0.15, 0.2) is 48.5 Å². The lowest BCUT2D eigenvalue weighted by Crippen LogP contribution is -2.12. The number of halogens is 1. The number of rotatable bonds is 5. The average molecular weight is 398 g/mol. The lowest BCUT2D eigenvalue weighted by atomic mass is 10.1. The van der Waals surface area contributed by atoms with Crippen LogP contribution in [0.25, 0.3) is 5.69 Å². The molecule has 0 bridgehead atoms. The van der Waals surface area contributed by atoms with E-state index in [1.54, 1.807) is 67.1 Å². The van der Waals surface area contributed by atoms with Gasteiger partial charge in [0.2, 0.25) is 0 Å². The molecule has 6 nitrogen and oxygen atoms in total. The minimum absolute atomic E-state index is 0.241. The molecule has 1 heterocycles. The monoisotopic (exact) mass is 397 g/mol. The first kappa shape index (κ1) is 19.6. The molecule has 0 saturated heterocycles. The number of hydrogen-bond acceptors (Lipinski definition) is 4. The Balaban J connectivity index is 1.82. The van der Waals surface area contributed by atoms with Crippen LogP contribution in [0.2, 0.25) is 5.02 Å². The fourth-order valence-corrected chi connectivity index (χ4v) is 3.11. The van der Waals surface area contributed by atoms with Crippen LogP contribution >= 0.6 is 11.6 Å². The van der Waals surface area contributed by atoms with Crippen LogP contribution in [-0.4, -0.2) is 28.3 Å². The van der Waals surface area contributed by atoms with Gasteiger partial charge in [0.25, 0.3) is 5.91 Å². The molecule has 0 saturated carbocycles. The van der Waals surface area contributed by atoms with Crippen LogP contribution in [0.1, 0.15) is 39.0 Å². The second-order valence-corrected chi connectivity index (χ2v) is 6.63. The zero-order valence-corrected chi connectivity index (χ0v) is 16.6. The van der Waals surface area contributed by atoms with Gasteiger partial charge in [0, 0.05) is 16.3 Å². The van der Waals surface area contributed by atoms with E-state index in [9.17, 15) is 9.59 Å². The first-order valence-electron chi connectivity index (χ1n) is 8.81. The van der Waals surface area contributed by atoms with E-state index in [1.165, 1.54) is 0 Å². The van der Waals surface area contributed by atoms with Gasteiger partial charge in [-0.2, -0.15) is 5.10 Å². The topological polar surface area (TPSA) is 73.2 Å². The van der Waals surface area contributed by atoms with Gasteiger partial charge >= 0.3 is 5.97 Å². The Morgan fingerprint density at radius 1 is 1.14 bits per heavy atom. The summed E-state index contributed by atoms with van der Waals surface area (Å²) in [7, 11) is 0. The molecule has 28 heavy (non-hydrogen) atoms. The maximum absolute atomic E-state index is 12.4. The minimum Gasteiger partial charge on any atom is -0.462 e. The molecule has 0 spiro atoms. The quantitative estimate of drug-likeness (QED) is 0.640. The lowest BCUT2D eigenvalue weighted by molar-refractivity contribution is 0.0524. The Labute approximate surface area is 168 Å². The van der Waals surface area contributed by atoms with Gasteiger partial charge in [0.05, 0.1) is 23.7 Å². The SMILES string of the molecule is CCOC(=O)c1c(C)nn(-c2ccc(C(=O)Nc3cccc(Cl)c3)cc2)c1C. The largest absolute Gasteiger partial charge is 0.462 e. The maximum atomic E-state index is 12.4. The van der Waals surface area contributed by atoms with Crippen LogP contribution < -0.4 is 5.32 Å². The molecule has 0 aliphatic carbocycles. The number of aryl methyl sites for hydroxylation is 1. The molecule has 144 valence electrons. The summed E-state index contributed by atoms with van der Waals surface area (Å²) < 4.78 is 6.77. The molecule has 0 fully saturated rings. The Kier molecular flexibility index (Phi) is 5.80. The molecule has 7 heteroatoms. The van der Waals surface area contributed by atoms with Crippen LogP contribution in [0.5, 0.6) is 0 Å². The van der Waals surface area contributed by atoms with Gasteiger partial charge < -0.3 is 10.1 Å². The number of nitrogens with one attached hydrogen (secondary N) is 1. The fraction of sp³-hybridized carbons (Fsp3) is 0.190. The minimum atomic E-state index is -0.388. The normalized spacial score (nSPS) is 10.6. The van der Waals surface area contributed by atoms with Gasteiger partial charge in [0.1, 0.15) is 5.56 Å². The van der Waals surface area contributed by atoms with Crippen molar-refractivity contribution in [2.24, 2.45) is 0 Å². The summed E-state index contributed by atoms with van der Waals surface area (Å²) in [5.41, 5.74) is 3.61. The summed E-state index contributed by atoms with van der Waals surface area (Å²) >= 11 is 5.94. The highest BCUT2D eigenvalue weighted by molar-refractivity contribution is 6.31. The predicted octanol–water partition coefficient (Wildman–Crippen LogP) is 4.57. The van der Waals surface area contributed by atoms with Crippen molar-refractivity contribution in [3.05, 3.63) is 76.1 Å². The first-order chi connectivity index (χ1) is 13.4. The van der Waals surface area contributed by atoms with Crippen molar-refractivity contribution in [3.63, 3.8) is 0 Å². The Hall–Kier alpha value is -3.12. The summed E-state index contributed by atoms with van der Waals surface area (Å²) in [5.74, 6) is -0.629. The standard InChI is InChI=1S/C21H20ClN3O3/c1-4-28-21(27)19-13(2)24-25(14(19)3)18-10-8-15(9-11-18)20(26)23-17-7-5-6-16(22)12-17/h5-12H,4H2,1-3H3,(H,23,26). The Morgan fingerprint density at radius 2 is 1.86 bits per heavy atom. The molecule has 0 atom stereocenters. The number of esters is 1. The van der Waals surface area contributed by atoms with E-state index in [0.29, 0.717) is 39.8 Å². The number of benzene rings is 2. The molecule has 2 aromatic carbocycles. The van der Waals surface area contributed by atoms with E-state index in [2.05, 4.69) is 10.4 Å². The summed E-state index contributed by atoms with van der Waals surface area (Å²) in [6, 6.07) is 13.9. The van der Waals surface area contributed by atoms with Gasteiger partial charge in [-0.05, 0) is 63.2 Å². The molecule has 0 aliphatic rings. The number of carbonyl (C=O) groups is 2. The first-order valence-corrected chi connectivity index (χ1v) is 9.19. The van der Waals surface area contributed by atoms with Gasteiger partial charge in [0.15, 0.2) is 0 Å². The molecule has 1 amide bonds. The van der Waals surface area contributed by atoms with Crippen LogP contribution in [0, 0.1) is 13.8 Å². The maximum Gasteiger partial charge on any atom is 0.341 e. The summed E-state index contributed by atoms with van der Waals surface area (Å²) in [5, 5.41) is 7.79. The van der Waals surface area contributed by atoms with Crippen molar-refractivity contribution >= 4 is 29.2 Å². The predicted molar refractivity (Wildman–Crippen MR) is 108 cm³/mol. The molecule has 1 N–H and O–H groups in total. The van der Waals surface area contributed by atoms with E-state index in [1.807, 2.05) is 6.92 Å². The van der Waals surface area contributed by atoms with Gasteiger partial charge in [-0.15, -0.1) is 0 Å². The van der Waals surface area contributed by atoms with Crippen molar-refractivity contribution in [1.29, 1.82) is 0 Å². The highest BCUT2D eigenvalue weighted by Gasteiger charge is 2.20. The second-order valence-electron chi connectivity index (χ2n) is 6.19. The molecule has 3 rings (SSSR count). The van der Waals surface area contributed by atoms with Crippen molar-refractivity contribution < 1.29 is 14.3 Å². The van der Waals surface area contributed by atoms with Crippen molar-refractivity contribution in [3.8, 4) is 5.69 Å². The van der Waals surface area contributed by atoms with E-state index in [-0.39, 0.29) is 11.9 Å². The number of anilines is 1. The molecule has 1 aromatic heterocycles. The number of amides is 1. The van der Waals surface area contributed by atoms with Crippen molar-refractivity contribution in [2.45, 2.75) is 20.8 Å². The number of hydrogen-bond donors (Lipinski definition) is 1. The molecule has 3 aromatic rings. The van der Waals surface area contributed by atoms with Gasteiger partial charge in [-0.25, -0.2) is 9.48 Å². The zero-order valence-electron chi connectivity index (χ0n) is 15.8. The zero-order chi connectivity index (χ0) is 20.3. The fourth-order valence-electron chi connectivity index (χ4n) is 2.92. The summed E-state index contributed by atoms with van der Waals surface area (Å²) in [4.78, 5) is 24.6. The number of aromatic nitrogens is 2. The van der Waals surface area contributed by atoms with Crippen molar-refractivity contribution in [1.82, 2.24) is 9.78 Å². The Morgan fingerprint density at radius 3 is 2.50 bits per heavy atom. The summed E-state index contributed by atoms with van der Waals surface area (Å²) in [6.45, 7) is 5.65. The number of ether oxygens (including phenoxy) is 1. The number of carbonyl (C=O) groups excluding carboxylic acids is 2. The molecular formula is C21H20ClN3O3. The molecule has 0 aliphatic heterocycles. The summed E-state index contributed by atoms with van der Waals surface area (Å²) in [6.07, 6.45) is 0. The van der Waals surface area contributed by atoms with E-state index in [0.717, 1.165) is 5.69 Å². The van der Waals surface area contributed by atoms with Crippen LogP contribution in [0.4, 0.5) is 5.69 Å².